The Morgan fingerprint density at radius 1 is 1.44 bits per heavy atom. The van der Waals surface area contributed by atoms with E-state index < -0.39 is 0 Å². The molecule has 0 amide bonds. The van der Waals surface area contributed by atoms with Gasteiger partial charge < -0.3 is 5.32 Å². The zero-order valence-corrected chi connectivity index (χ0v) is 6.91. The molecule has 0 heterocycles. The molecule has 1 N–H and O–H groups in total. The Labute approximate surface area is 58.8 Å². The fourth-order valence-corrected chi connectivity index (χ4v) is 1.00. The molecule has 0 aliphatic heterocycles. The molecule has 1 atom stereocenters. The zero-order chi connectivity index (χ0) is 7.11. The molecule has 0 fully saturated rings. The lowest BCUT2D eigenvalue weighted by Crippen LogP contribution is -2.15. The molecule has 0 saturated carbocycles. The van der Waals surface area contributed by atoms with E-state index in [-0.39, 0.29) is 0 Å². The largest absolute Gasteiger partial charge is 0.319 e. The van der Waals surface area contributed by atoms with Gasteiger partial charge in [0.25, 0.3) is 0 Å². The van der Waals surface area contributed by atoms with Crippen LogP contribution in [0.5, 0.6) is 0 Å². The van der Waals surface area contributed by atoms with Crippen molar-refractivity contribution in [2.24, 2.45) is 5.92 Å². The van der Waals surface area contributed by atoms with E-state index in [0.29, 0.717) is 0 Å². The lowest BCUT2D eigenvalue weighted by atomic mass is 10.1. The smallest absolute Gasteiger partial charge is 0.00262 e. The van der Waals surface area contributed by atoms with Crippen LogP contribution in [0.15, 0.2) is 0 Å². The summed E-state index contributed by atoms with van der Waals surface area (Å²) < 4.78 is 0. The highest BCUT2D eigenvalue weighted by molar-refractivity contribution is 4.53. The molecular formula is C8H19N. The average molecular weight is 129 g/mol. The lowest BCUT2D eigenvalue weighted by molar-refractivity contribution is 0.483. The minimum Gasteiger partial charge on any atom is -0.319 e. The average Bonchev–Trinajstić information content (AvgIpc) is 1.85. The second kappa shape index (κ2) is 6.09. The van der Waals surface area contributed by atoms with E-state index in [9.17, 15) is 0 Å². The van der Waals surface area contributed by atoms with Crippen LogP contribution in [0.3, 0.4) is 0 Å². The summed E-state index contributed by atoms with van der Waals surface area (Å²) >= 11 is 0. The summed E-state index contributed by atoms with van der Waals surface area (Å²) in [5.74, 6) is 0.856. The van der Waals surface area contributed by atoms with Crippen LogP contribution in [0.4, 0.5) is 0 Å². The molecule has 0 rings (SSSR count). The minimum atomic E-state index is 0.856. The van der Waals surface area contributed by atoms with Gasteiger partial charge in [0.1, 0.15) is 0 Å². The quantitative estimate of drug-likeness (QED) is 0.599. The van der Waals surface area contributed by atoms with Crippen LogP contribution in [0.25, 0.3) is 0 Å². The third-order valence-corrected chi connectivity index (χ3v) is 1.60. The van der Waals surface area contributed by atoms with Crippen molar-refractivity contribution in [3.05, 3.63) is 0 Å². The Balaban J connectivity index is 2.95. The minimum absolute atomic E-state index is 0.856. The lowest BCUT2D eigenvalue weighted by Gasteiger charge is -2.08. The van der Waals surface area contributed by atoms with Crippen molar-refractivity contribution in [3.63, 3.8) is 0 Å². The Hall–Kier alpha value is -0.0400. The zero-order valence-electron chi connectivity index (χ0n) is 6.91. The van der Waals surface area contributed by atoms with Crippen LogP contribution in [0.1, 0.15) is 33.1 Å². The standard InChI is InChI=1S/C8H19N/c1-4-5-6-8(2)7-9-3/h8-9H,4-7H2,1-3H3/t8-/m0/s1. The maximum atomic E-state index is 3.18. The van der Waals surface area contributed by atoms with Crippen molar-refractivity contribution in [1.29, 1.82) is 0 Å². The van der Waals surface area contributed by atoms with Gasteiger partial charge in [0.15, 0.2) is 0 Å². The topological polar surface area (TPSA) is 12.0 Å². The Kier molecular flexibility index (Phi) is 6.06. The third-order valence-electron chi connectivity index (χ3n) is 1.60. The van der Waals surface area contributed by atoms with Gasteiger partial charge in [0.2, 0.25) is 0 Å². The first-order valence-corrected chi connectivity index (χ1v) is 3.95. The maximum Gasteiger partial charge on any atom is -0.00262 e. The van der Waals surface area contributed by atoms with Gasteiger partial charge in [0.05, 0.1) is 0 Å². The monoisotopic (exact) mass is 129 g/mol. The first-order valence-electron chi connectivity index (χ1n) is 3.95. The normalized spacial score (nSPS) is 13.7. The van der Waals surface area contributed by atoms with Crippen LogP contribution in [0, 0.1) is 5.92 Å². The fraction of sp³-hybridized carbons (Fsp3) is 1.00. The van der Waals surface area contributed by atoms with Gasteiger partial charge in [0, 0.05) is 0 Å². The van der Waals surface area contributed by atoms with Gasteiger partial charge in [-0.25, -0.2) is 0 Å². The molecule has 0 bridgehead atoms. The number of rotatable bonds is 5. The fourth-order valence-electron chi connectivity index (χ4n) is 1.00. The van der Waals surface area contributed by atoms with Crippen LogP contribution in [-0.4, -0.2) is 13.6 Å². The SMILES string of the molecule is CCCC[C@H](C)CNC. The molecule has 0 saturated heterocycles. The summed E-state index contributed by atoms with van der Waals surface area (Å²) in [5, 5.41) is 3.18. The maximum absolute atomic E-state index is 3.18. The van der Waals surface area contributed by atoms with E-state index in [4.69, 9.17) is 0 Å². The van der Waals surface area contributed by atoms with E-state index in [1.54, 1.807) is 0 Å². The summed E-state index contributed by atoms with van der Waals surface area (Å²) in [4.78, 5) is 0. The first kappa shape index (κ1) is 8.96. The van der Waals surface area contributed by atoms with Gasteiger partial charge in [-0.15, -0.1) is 0 Å². The molecule has 0 aliphatic rings. The first-order chi connectivity index (χ1) is 4.31. The second-order valence-corrected chi connectivity index (χ2v) is 2.81. The van der Waals surface area contributed by atoms with Crippen molar-refractivity contribution in [2.75, 3.05) is 13.6 Å². The molecule has 0 aromatic rings. The van der Waals surface area contributed by atoms with Crippen molar-refractivity contribution >= 4 is 0 Å². The van der Waals surface area contributed by atoms with Crippen molar-refractivity contribution < 1.29 is 0 Å². The molecule has 0 radical (unpaired) electrons. The molecule has 1 nitrogen and oxygen atoms in total. The van der Waals surface area contributed by atoms with Crippen molar-refractivity contribution in [3.8, 4) is 0 Å². The van der Waals surface area contributed by atoms with Crippen LogP contribution < -0.4 is 5.32 Å². The second-order valence-electron chi connectivity index (χ2n) is 2.81. The predicted molar refractivity (Wildman–Crippen MR) is 42.6 cm³/mol. The highest BCUT2D eigenvalue weighted by Crippen LogP contribution is 2.05. The number of hydrogen-bond donors (Lipinski definition) is 1. The summed E-state index contributed by atoms with van der Waals surface area (Å²) in [6.45, 7) is 5.71. The molecule has 0 aliphatic carbocycles. The highest BCUT2D eigenvalue weighted by Gasteiger charge is 1.97. The van der Waals surface area contributed by atoms with E-state index in [0.717, 1.165) is 5.92 Å². The van der Waals surface area contributed by atoms with Gasteiger partial charge in [-0.2, -0.15) is 0 Å². The molecule has 0 unspecified atom stereocenters. The highest BCUT2D eigenvalue weighted by atomic mass is 14.8. The summed E-state index contributed by atoms with van der Waals surface area (Å²) in [6.07, 6.45) is 4.08. The van der Waals surface area contributed by atoms with E-state index in [1.807, 2.05) is 7.05 Å². The summed E-state index contributed by atoms with van der Waals surface area (Å²) in [5.41, 5.74) is 0. The van der Waals surface area contributed by atoms with Gasteiger partial charge in [-0.05, 0) is 25.9 Å². The Morgan fingerprint density at radius 2 is 2.11 bits per heavy atom. The number of hydrogen-bond acceptors (Lipinski definition) is 1. The van der Waals surface area contributed by atoms with Crippen molar-refractivity contribution in [2.45, 2.75) is 33.1 Å². The number of unbranched alkanes of at least 4 members (excludes halogenated alkanes) is 1. The Bertz CT molecular complexity index is 52.5. The van der Waals surface area contributed by atoms with Gasteiger partial charge in [-0.1, -0.05) is 26.7 Å². The van der Waals surface area contributed by atoms with Crippen molar-refractivity contribution in [1.82, 2.24) is 5.32 Å². The number of nitrogens with one attached hydrogen (secondary N) is 1. The Morgan fingerprint density at radius 3 is 2.56 bits per heavy atom. The molecule has 0 spiro atoms. The molecule has 56 valence electrons. The van der Waals surface area contributed by atoms with E-state index >= 15 is 0 Å². The van der Waals surface area contributed by atoms with E-state index in [1.165, 1.54) is 25.8 Å². The molecular weight excluding hydrogens is 110 g/mol. The summed E-state index contributed by atoms with van der Waals surface area (Å²) in [7, 11) is 2.02. The molecule has 0 aromatic heterocycles. The third kappa shape index (κ3) is 5.84. The molecule has 9 heavy (non-hydrogen) atoms. The van der Waals surface area contributed by atoms with Gasteiger partial charge >= 0.3 is 0 Å². The molecule has 0 aromatic carbocycles. The van der Waals surface area contributed by atoms with E-state index in [2.05, 4.69) is 19.2 Å². The molecule has 1 heteroatoms. The predicted octanol–water partition coefficient (Wildman–Crippen LogP) is 2.03. The van der Waals surface area contributed by atoms with Crippen LogP contribution in [0.2, 0.25) is 0 Å². The summed E-state index contributed by atoms with van der Waals surface area (Å²) in [6, 6.07) is 0. The van der Waals surface area contributed by atoms with Crippen LogP contribution >= 0.6 is 0 Å². The van der Waals surface area contributed by atoms with Gasteiger partial charge in [-0.3, -0.25) is 0 Å². The van der Waals surface area contributed by atoms with Crippen LogP contribution in [-0.2, 0) is 0 Å².